The van der Waals surface area contributed by atoms with Crippen LogP contribution in [-0.4, -0.2) is 16.6 Å². The number of nitrogen functional groups attached to an aromatic ring is 1. The maximum atomic E-state index is 11.6. The van der Waals surface area contributed by atoms with Crippen LogP contribution in [-0.2, 0) is 10.3 Å². The quantitative estimate of drug-likeness (QED) is 0.877. The third-order valence-corrected chi connectivity index (χ3v) is 4.02. The third kappa shape index (κ3) is 2.97. The van der Waals surface area contributed by atoms with Gasteiger partial charge in [0.25, 0.3) is 5.56 Å². The van der Waals surface area contributed by atoms with Crippen molar-refractivity contribution >= 4 is 5.82 Å². The highest BCUT2D eigenvalue weighted by Gasteiger charge is 2.42. The zero-order valence-electron chi connectivity index (χ0n) is 12.0. The molecule has 0 saturated heterocycles. The van der Waals surface area contributed by atoms with Crippen molar-refractivity contribution in [1.82, 2.24) is 9.97 Å². The van der Waals surface area contributed by atoms with Crippen LogP contribution >= 0.6 is 0 Å². The molecule has 0 atom stereocenters. The van der Waals surface area contributed by atoms with Gasteiger partial charge >= 0.3 is 0 Å². The molecule has 1 saturated carbocycles. The lowest BCUT2D eigenvalue weighted by Gasteiger charge is -2.42. The summed E-state index contributed by atoms with van der Waals surface area (Å²) in [7, 11) is 0. The van der Waals surface area contributed by atoms with Crippen molar-refractivity contribution in [2.75, 3.05) is 12.3 Å². The molecule has 0 aliphatic heterocycles. The Labute approximate surface area is 113 Å². The largest absolute Gasteiger partial charge is 0.383 e. The summed E-state index contributed by atoms with van der Waals surface area (Å²) in [5.41, 5.74) is 5.30. The molecule has 0 unspecified atom stereocenters. The van der Waals surface area contributed by atoms with Crippen molar-refractivity contribution in [3.05, 3.63) is 22.2 Å². The molecule has 3 N–H and O–H groups in total. The summed E-state index contributed by atoms with van der Waals surface area (Å²) >= 11 is 0. The molecule has 0 aromatic carbocycles. The van der Waals surface area contributed by atoms with Crippen LogP contribution in [0, 0.1) is 5.41 Å². The molecule has 2 rings (SSSR count). The van der Waals surface area contributed by atoms with Gasteiger partial charge in [0, 0.05) is 12.7 Å². The van der Waals surface area contributed by atoms with Crippen LogP contribution in [0.5, 0.6) is 0 Å². The molecule has 1 heterocycles. The fourth-order valence-corrected chi connectivity index (χ4v) is 2.75. The van der Waals surface area contributed by atoms with Crippen LogP contribution in [0.3, 0.4) is 0 Å². The standard InChI is InChI=1S/C14H23N3O2/c1-4-19-14(7-5-13(2,3)6-8-14)12-16-10(15)9-11(18)17-12/h9H,4-8H2,1-3H3,(H3,15,16,17,18). The first kappa shape index (κ1) is 14.1. The second kappa shape index (κ2) is 4.96. The highest BCUT2D eigenvalue weighted by Crippen LogP contribution is 2.46. The normalized spacial score (nSPS) is 21.2. The zero-order valence-corrected chi connectivity index (χ0v) is 12.0. The van der Waals surface area contributed by atoms with Gasteiger partial charge in [0.05, 0.1) is 0 Å². The number of rotatable bonds is 3. The van der Waals surface area contributed by atoms with Gasteiger partial charge in [0.1, 0.15) is 17.2 Å². The number of aromatic amines is 1. The van der Waals surface area contributed by atoms with E-state index >= 15 is 0 Å². The monoisotopic (exact) mass is 265 g/mol. The summed E-state index contributed by atoms with van der Waals surface area (Å²) in [5, 5.41) is 0. The maximum absolute atomic E-state index is 11.6. The van der Waals surface area contributed by atoms with Gasteiger partial charge in [-0.1, -0.05) is 13.8 Å². The number of hydrogen-bond donors (Lipinski definition) is 2. The molecule has 0 radical (unpaired) electrons. The van der Waals surface area contributed by atoms with E-state index in [1.165, 1.54) is 6.07 Å². The predicted octanol–water partition coefficient (Wildman–Crippen LogP) is 2.18. The SMILES string of the molecule is CCOC1(c2nc(N)cc(=O)[nH]2)CCC(C)(C)CC1. The molecule has 5 heteroatoms. The zero-order chi connectivity index (χ0) is 14.1. The Morgan fingerprint density at radius 2 is 2.00 bits per heavy atom. The van der Waals surface area contributed by atoms with E-state index in [1.807, 2.05) is 6.92 Å². The van der Waals surface area contributed by atoms with Crippen LogP contribution in [0.4, 0.5) is 5.82 Å². The highest BCUT2D eigenvalue weighted by atomic mass is 16.5. The first-order chi connectivity index (χ1) is 8.87. The molecule has 5 nitrogen and oxygen atoms in total. The molecule has 1 aliphatic carbocycles. The van der Waals surface area contributed by atoms with Crippen molar-refractivity contribution in [2.45, 2.75) is 52.1 Å². The van der Waals surface area contributed by atoms with Gasteiger partial charge in [0.2, 0.25) is 0 Å². The minimum Gasteiger partial charge on any atom is -0.383 e. The fraction of sp³-hybridized carbons (Fsp3) is 0.714. The summed E-state index contributed by atoms with van der Waals surface area (Å²) < 4.78 is 5.97. The van der Waals surface area contributed by atoms with Gasteiger partial charge in [0.15, 0.2) is 0 Å². The van der Waals surface area contributed by atoms with E-state index in [0.29, 0.717) is 17.8 Å². The summed E-state index contributed by atoms with van der Waals surface area (Å²) in [6.07, 6.45) is 3.82. The molecule has 0 amide bonds. The number of anilines is 1. The number of ether oxygens (including phenoxy) is 1. The summed E-state index contributed by atoms with van der Waals surface area (Å²) in [6.45, 7) is 7.08. The van der Waals surface area contributed by atoms with E-state index in [1.54, 1.807) is 0 Å². The Balaban J connectivity index is 2.37. The average molecular weight is 265 g/mol. The van der Waals surface area contributed by atoms with Gasteiger partial charge < -0.3 is 15.5 Å². The second-order valence-corrected chi connectivity index (χ2v) is 6.11. The minimum atomic E-state index is -0.487. The number of H-pyrrole nitrogens is 1. The number of nitrogens with two attached hydrogens (primary N) is 1. The Bertz CT molecular complexity index is 498. The van der Waals surface area contributed by atoms with Crippen LogP contribution < -0.4 is 11.3 Å². The predicted molar refractivity (Wildman–Crippen MR) is 74.8 cm³/mol. The van der Waals surface area contributed by atoms with Gasteiger partial charge in [-0.3, -0.25) is 4.79 Å². The first-order valence-electron chi connectivity index (χ1n) is 6.88. The number of nitrogens with one attached hydrogen (secondary N) is 1. The topological polar surface area (TPSA) is 81.0 Å². The fourth-order valence-electron chi connectivity index (χ4n) is 2.75. The molecule has 0 bridgehead atoms. The molecule has 1 aromatic rings. The Hall–Kier alpha value is -1.36. The number of nitrogens with zero attached hydrogens (tertiary/aromatic N) is 1. The smallest absolute Gasteiger partial charge is 0.253 e. The van der Waals surface area contributed by atoms with E-state index in [0.717, 1.165) is 25.7 Å². The molecule has 19 heavy (non-hydrogen) atoms. The van der Waals surface area contributed by atoms with Crippen molar-refractivity contribution < 1.29 is 4.74 Å². The lowest BCUT2D eigenvalue weighted by atomic mass is 9.70. The Morgan fingerprint density at radius 3 is 2.53 bits per heavy atom. The molecular formula is C14H23N3O2. The molecule has 1 aromatic heterocycles. The second-order valence-electron chi connectivity index (χ2n) is 6.11. The van der Waals surface area contributed by atoms with E-state index in [9.17, 15) is 4.79 Å². The summed E-state index contributed by atoms with van der Waals surface area (Å²) in [4.78, 5) is 18.7. The van der Waals surface area contributed by atoms with E-state index in [2.05, 4.69) is 23.8 Å². The minimum absolute atomic E-state index is 0.216. The molecule has 1 fully saturated rings. The van der Waals surface area contributed by atoms with Gasteiger partial charge in [-0.05, 0) is 38.0 Å². The van der Waals surface area contributed by atoms with E-state index in [4.69, 9.17) is 10.5 Å². The van der Waals surface area contributed by atoms with Crippen LogP contribution in [0.2, 0.25) is 0 Å². The van der Waals surface area contributed by atoms with Gasteiger partial charge in [-0.25, -0.2) is 4.98 Å². The molecule has 0 spiro atoms. The molecule has 1 aliphatic rings. The third-order valence-electron chi connectivity index (χ3n) is 4.02. The van der Waals surface area contributed by atoms with Crippen LogP contribution in [0.1, 0.15) is 52.3 Å². The van der Waals surface area contributed by atoms with Gasteiger partial charge in [-0.15, -0.1) is 0 Å². The highest BCUT2D eigenvalue weighted by molar-refractivity contribution is 5.27. The number of aromatic nitrogens is 2. The average Bonchev–Trinajstić information content (AvgIpc) is 2.31. The van der Waals surface area contributed by atoms with E-state index in [-0.39, 0.29) is 11.4 Å². The summed E-state index contributed by atoms with van der Waals surface area (Å²) in [6, 6.07) is 1.30. The number of hydrogen-bond acceptors (Lipinski definition) is 4. The van der Waals surface area contributed by atoms with Crippen LogP contribution in [0.15, 0.2) is 10.9 Å². The van der Waals surface area contributed by atoms with Crippen LogP contribution in [0.25, 0.3) is 0 Å². The first-order valence-corrected chi connectivity index (χ1v) is 6.88. The van der Waals surface area contributed by atoms with E-state index < -0.39 is 5.60 Å². The van der Waals surface area contributed by atoms with Crippen molar-refractivity contribution in [1.29, 1.82) is 0 Å². The Kier molecular flexibility index (Phi) is 3.67. The maximum Gasteiger partial charge on any atom is 0.253 e. The molecular weight excluding hydrogens is 242 g/mol. The summed E-state index contributed by atoms with van der Waals surface area (Å²) in [5.74, 6) is 0.831. The van der Waals surface area contributed by atoms with Crippen molar-refractivity contribution in [2.24, 2.45) is 5.41 Å². The lowest BCUT2D eigenvalue weighted by Crippen LogP contribution is -2.40. The van der Waals surface area contributed by atoms with Crippen molar-refractivity contribution in [3.8, 4) is 0 Å². The van der Waals surface area contributed by atoms with Gasteiger partial charge in [-0.2, -0.15) is 0 Å². The molecule has 106 valence electrons. The lowest BCUT2D eigenvalue weighted by molar-refractivity contribution is -0.0948. The Morgan fingerprint density at radius 1 is 1.37 bits per heavy atom. The van der Waals surface area contributed by atoms with Crippen molar-refractivity contribution in [3.63, 3.8) is 0 Å².